The van der Waals surface area contributed by atoms with Gasteiger partial charge in [-0.25, -0.2) is 4.98 Å². The number of benzene rings is 2. The van der Waals surface area contributed by atoms with E-state index in [0.29, 0.717) is 11.6 Å². The Bertz CT molecular complexity index is 1090. The average Bonchev–Trinajstić information content (AvgIpc) is 3.07. The number of hydrogen-bond acceptors (Lipinski definition) is 4. The molecule has 3 aromatic rings. The van der Waals surface area contributed by atoms with Crippen molar-refractivity contribution in [2.24, 2.45) is 5.92 Å². The highest BCUT2D eigenvalue weighted by Gasteiger charge is 2.31. The second-order valence-electron chi connectivity index (χ2n) is 7.97. The molecule has 156 valence electrons. The summed E-state index contributed by atoms with van der Waals surface area (Å²) in [5.74, 6) is 0.305. The van der Waals surface area contributed by atoms with E-state index in [1.807, 2.05) is 49.4 Å². The predicted molar refractivity (Wildman–Crippen MR) is 122 cm³/mol. The summed E-state index contributed by atoms with van der Waals surface area (Å²) in [6.45, 7) is 7.18. The van der Waals surface area contributed by atoms with Gasteiger partial charge in [0.25, 0.3) is 0 Å². The number of imidazole rings is 1. The molecular formula is C23H26N4O2S. The SMILES string of the molecule is CC(C)CCn1c(S[C@@H](C)C(=O)N2CC(=O)Nc3ccccc32)nc2ccccc21. The van der Waals surface area contributed by atoms with E-state index in [0.717, 1.165) is 34.8 Å². The number of carbonyl (C=O) groups excluding carboxylic acids is 2. The van der Waals surface area contributed by atoms with Crippen LogP contribution in [-0.2, 0) is 16.1 Å². The second kappa shape index (κ2) is 8.52. The van der Waals surface area contributed by atoms with Crippen molar-refractivity contribution in [1.82, 2.24) is 9.55 Å². The maximum Gasteiger partial charge on any atom is 0.244 e. The fourth-order valence-electron chi connectivity index (χ4n) is 3.60. The Morgan fingerprint density at radius 2 is 1.87 bits per heavy atom. The van der Waals surface area contributed by atoms with E-state index in [-0.39, 0.29) is 23.6 Å². The highest BCUT2D eigenvalue weighted by atomic mass is 32.2. The van der Waals surface area contributed by atoms with E-state index >= 15 is 0 Å². The molecule has 1 aliphatic heterocycles. The Hall–Kier alpha value is -2.80. The molecule has 0 saturated heterocycles. The van der Waals surface area contributed by atoms with E-state index in [9.17, 15) is 9.59 Å². The number of anilines is 2. The van der Waals surface area contributed by atoms with Crippen LogP contribution in [0.4, 0.5) is 11.4 Å². The van der Waals surface area contributed by atoms with Gasteiger partial charge in [-0.2, -0.15) is 0 Å². The molecule has 6 nitrogen and oxygen atoms in total. The van der Waals surface area contributed by atoms with Crippen LogP contribution < -0.4 is 10.2 Å². The van der Waals surface area contributed by atoms with Crippen LogP contribution in [0.2, 0.25) is 0 Å². The third-order valence-corrected chi connectivity index (χ3v) is 6.29. The second-order valence-corrected chi connectivity index (χ2v) is 9.27. The molecule has 0 fully saturated rings. The maximum atomic E-state index is 13.3. The van der Waals surface area contributed by atoms with Gasteiger partial charge in [-0.05, 0) is 43.5 Å². The minimum Gasteiger partial charge on any atom is -0.323 e. The average molecular weight is 423 g/mol. The summed E-state index contributed by atoms with van der Waals surface area (Å²) in [6.07, 6.45) is 1.04. The van der Waals surface area contributed by atoms with Crippen molar-refractivity contribution in [2.75, 3.05) is 16.8 Å². The molecule has 2 amide bonds. The molecule has 1 N–H and O–H groups in total. The van der Waals surface area contributed by atoms with Gasteiger partial charge in [0.2, 0.25) is 11.8 Å². The molecule has 1 atom stereocenters. The molecule has 0 radical (unpaired) electrons. The number of carbonyl (C=O) groups is 2. The van der Waals surface area contributed by atoms with Crippen LogP contribution in [0.5, 0.6) is 0 Å². The summed E-state index contributed by atoms with van der Waals surface area (Å²) in [4.78, 5) is 31.8. The van der Waals surface area contributed by atoms with Crippen molar-refractivity contribution < 1.29 is 9.59 Å². The number of fused-ring (bicyclic) bond motifs is 2. The van der Waals surface area contributed by atoms with Crippen LogP contribution >= 0.6 is 11.8 Å². The lowest BCUT2D eigenvalue weighted by atomic mass is 10.1. The Morgan fingerprint density at radius 3 is 2.67 bits per heavy atom. The van der Waals surface area contributed by atoms with Crippen molar-refractivity contribution in [3.8, 4) is 0 Å². The molecule has 0 bridgehead atoms. The summed E-state index contributed by atoms with van der Waals surface area (Å²) in [5, 5.41) is 3.30. The van der Waals surface area contributed by atoms with E-state index in [1.165, 1.54) is 11.8 Å². The third-order valence-electron chi connectivity index (χ3n) is 5.22. The number of amides is 2. The minimum atomic E-state index is -0.376. The summed E-state index contributed by atoms with van der Waals surface area (Å²) >= 11 is 1.45. The number of para-hydroxylation sites is 4. The van der Waals surface area contributed by atoms with Crippen molar-refractivity contribution in [2.45, 2.75) is 44.1 Å². The molecule has 7 heteroatoms. The molecule has 1 aromatic heterocycles. The zero-order valence-corrected chi connectivity index (χ0v) is 18.3. The van der Waals surface area contributed by atoms with Gasteiger partial charge in [-0.3, -0.25) is 14.5 Å². The number of hydrogen-bond donors (Lipinski definition) is 1. The number of aromatic nitrogens is 2. The fraction of sp³-hybridized carbons (Fsp3) is 0.348. The molecule has 0 spiro atoms. The van der Waals surface area contributed by atoms with Gasteiger partial charge >= 0.3 is 0 Å². The topological polar surface area (TPSA) is 67.2 Å². The number of aryl methyl sites for hydroxylation is 1. The van der Waals surface area contributed by atoms with Crippen LogP contribution in [0, 0.1) is 5.92 Å². The first-order valence-corrected chi connectivity index (χ1v) is 11.1. The van der Waals surface area contributed by atoms with Crippen molar-refractivity contribution in [3.05, 3.63) is 48.5 Å². The summed E-state index contributed by atoms with van der Waals surface area (Å²) in [5.41, 5.74) is 3.43. The fourth-order valence-corrected chi connectivity index (χ4v) is 4.62. The van der Waals surface area contributed by atoms with Gasteiger partial charge in [0.15, 0.2) is 5.16 Å². The standard InChI is InChI=1S/C23H26N4O2S/c1-15(2)12-13-26-19-10-6-5-9-18(19)25-23(26)30-16(3)22(29)27-14-21(28)24-17-8-4-7-11-20(17)27/h4-11,15-16H,12-14H2,1-3H3,(H,24,28)/t16-/m0/s1. The quantitative estimate of drug-likeness (QED) is 0.592. The zero-order valence-electron chi connectivity index (χ0n) is 17.5. The first-order valence-electron chi connectivity index (χ1n) is 10.3. The summed E-state index contributed by atoms with van der Waals surface area (Å²) < 4.78 is 2.21. The van der Waals surface area contributed by atoms with E-state index in [4.69, 9.17) is 4.98 Å². The van der Waals surface area contributed by atoms with E-state index in [2.05, 4.69) is 29.8 Å². The molecule has 2 aromatic carbocycles. The smallest absolute Gasteiger partial charge is 0.244 e. The van der Waals surface area contributed by atoms with Crippen LogP contribution in [0.1, 0.15) is 27.2 Å². The number of nitrogens with one attached hydrogen (secondary N) is 1. The lowest BCUT2D eigenvalue weighted by Crippen LogP contribution is -2.45. The maximum absolute atomic E-state index is 13.3. The first-order chi connectivity index (χ1) is 14.4. The molecule has 30 heavy (non-hydrogen) atoms. The van der Waals surface area contributed by atoms with Gasteiger partial charge in [0.05, 0.1) is 27.7 Å². The molecular weight excluding hydrogens is 396 g/mol. The highest BCUT2D eigenvalue weighted by molar-refractivity contribution is 8.00. The van der Waals surface area contributed by atoms with Gasteiger partial charge in [0.1, 0.15) is 6.54 Å². The third kappa shape index (κ3) is 4.07. The minimum absolute atomic E-state index is 0.0323. The predicted octanol–water partition coefficient (Wildman–Crippen LogP) is 4.55. The van der Waals surface area contributed by atoms with E-state index in [1.54, 1.807) is 4.90 Å². The molecule has 2 heterocycles. The van der Waals surface area contributed by atoms with Gasteiger partial charge in [-0.1, -0.05) is 49.9 Å². The molecule has 0 saturated carbocycles. The number of nitrogens with zero attached hydrogens (tertiary/aromatic N) is 3. The van der Waals surface area contributed by atoms with Gasteiger partial charge < -0.3 is 9.88 Å². The normalized spacial score (nSPS) is 14.7. The van der Waals surface area contributed by atoms with Crippen molar-refractivity contribution in [1.29, 1.82) is 0 Å². The summed E-state index contributed by atoms with van der Waals surface area (Å²) in [6, 6.07) is 15.5. The Labute approximate surface area is 180 Å². The van der Waals surface area contributed by atoms with Gasteiger partial charge in [-0.15, -0.1) is 0 Å². The zero-order chi connectivity index (χ0) is 21.3. The van der Waals surface area contributed by atoms with Crippen LogP contribution in [0.15, 0.2) is 53.7 Å². The van der Waals surface area contributed by atoms with Crippen molar-refractivity contribution in [3.63, 3.8) is 0 Å². The lowest BCUT2D eigenvalue weighted by molar-refractivity contribution is -0.121. The molecule has 0 unspecified atom stereocenters. The summed E-state index contributed by atoms with van der Waals surface area (Å²) in [7, 11) is 0. The first kappa shape index (κ1) is 20.5. The Kier molecular flexibility index (Phi) is 5.81. The van der Waals surface area contributed by atoms with Crippen LogP contribution in [0.3, 0.4) is 0 Å². The van der Waals surface area contributed by atoms with E-state index < -0.39 is 0 Å². The molecule has 0 aliphatic carbocycles. The van der Waals surface area contributed by atoms with Crippen LogP contribution in [0.25, 0.3) is 11.0 Å². The monoisotopic (exact) mass is 422 g/mol. The van der Waals surface area contributed by atoms with Gasteiger partial charge in [0, 0.05) is 6.54 Å². The Balaban J connectivity index is 1.60. The molecule has 1 aliphatic rings. The largest absolute Gasteiger partial charge is 0.323 e. The highest BCUT2D eigenvalue weighted by Crippen LogP contribution is 2.33. The Morgan fingerprint density at radius 1 is 1.13 bits per heavy atom. The van der Waals surface area contributed by atoms with Crippen molar-refractivity contribution >= 4 is 46.0 Å². The van der Waals surface area contributed by atoms with Crippen LogP contribution in [-0.4, -0.2) is 33.2 Å². The number of rotatable bonds is 6. The lowest BCUT2D eigenvalue weighted by Gasteiger charge is -2.30. The molecule has 4 rings (SSSR count). The number of thioether (sulfide) groups is 1.